The van der Waals surface area contributed by atoms with Gasteiger partial charge in [-0.2, -0.15) is 0 Å². The van der Waals surface area contributed by atoms with E-state index in [1.807, 2.05) is 0 Å². The Morgan fingerprint density at radius 1 is 0.286 bits per heavy atom. The van der Waals surface area contributed by atoms with Crippen LogP contribution in [0, 0.1) is 0 Å². The van der Waals surface area contributed by atoms with Gasteiger partial charge in [-0.1, -0.05) is 175 Å². The van der Waals surface area contributed by atoms with Crippen molar-refractivity contribution in [2.24, 2.45) is 0 Å². The summed E-state index contributed by atoms with van der Waals surface area (Å²) < 4.78 is 0. The number of carbonyl (C=O) groups is 3. The Kier molecular flexibility index (Phi) is 44.4. The molecule has 0 unspecified atom stereocenters. The van der Waals surface area contributed by atoms with Crippen molar-refractivity contribution in [2.45, 2.75) is 213 Å². The lowest BCUT2D eigenvalue weighted by atomic mass is 10.1. The van der Waals surface area contributed by atoms with Crippen LogP contribution in [0.5, 0.6) is 0 Å². The highest BCUT2D eigenvalue weighted by atomic mass is 16.4. The number of rotatable bonds is 30. The fourth-order valence-electron chi connectivity index (χ4n) is 4.76. The average Bonchev–Trinajstić information content (AvgIpc) is 2.95. The summed E-state index contributed by atoms with van der Waals surface area (Å²) in [4.78, 5) is 30.6. The molecular formula is C36H72O6. The number of aliphatic carboxylic acids is 3. The lowest BCUT2D eigenvalue weighted by Gasteiger charge is -2.01. The van der Waals surface area contributed by atoms with Gasteiger partial charge in [0, 0.05) is 19.3 Å². The van der Waals surface area contributed by atoms with Crippen molar-refractivity contribution in [3.63, 3.8) is 0 Å². The first-order valence-corrected chi connectivity index (χ1v) is 18.0. The van der Waals surface area contributed by atoms with E-state index >= 15 is 0 Å². The van der Waals surface area contributed by atoms with Crippen LogP contribution in [-0.4, -0.2) is 33.2 Å². The van der Waals surface area contributed by atoms with Gasteiger partial charge in [0.1, 0.15) is 0 Å². The first kappa shape index (κ1) is 44.8. The molecule has 0 aliphatic heterocycles. The van der Waals surface area contributed by atoms with Gasteiger partial charge in [-0.15, -0.1) is 0 Å². The largest absolute Gasteiger partial charge is 0.481 e. The van der Waals surface area contributed by atoms with E-state index in [9.17, 15) is 14.4 Å². The molecule has 0 saturated heterocycles. The molecule has 0 bridgehead atoms. The summed E-state index contributed by atoms with van der Waals surface area (Å²) in [7, 11) is 0. The van der Waals surface area contributed by atoms with Gasteiger partial charge < -0.3 is 15.3 Å². The van der Waals surface area contributed by atoms with E-state index in [-0.39, 0.29) is 0 Å². The Balaban J connectivity index is -0.000000549. The van der Waals surface area contributed by atoms with Crippen LogP contribution in [0.4, 0.5) is 0 Å². The number of carboxylic acid groups (broad SMARTS) is 3. The fraction of sp³-hybridized carbons (Fsp3) is 0.917. The topological polar surface area (TPSA) is 112 Å². The monoisotopic (exact) mass is 601 g/mol. The Morgan fingerprint density at radius 3 is 0.571 bits per heavy atom. The third-order valence-corrected chi connectivity index (χ3v) is 7.48. The molecule has 0 aliphatic carbocycles. The molecule has 42 heavy (non-hydrogen) atoms. The van der Waals surface area contributed by atoms with Crippen molar-refractivity contribution in [1.82, 2.24) is 0 Å². The molecule has 3 N–H and O–H groups in total. The lowest BCUT2D eigenvalue weighted by Crippen LogP contribution is -1.93. The van der Waals surface area contributed by atoms with Gasteiger partial charge in [0.15, 0.2) is 0 Å². The minimum atomic E-state index is -0.663. The standard InChI is InChI=1S/C14H28O2.C12H24O2.C10H20O2/c1-2-3-4-5-6-7-8-9-10-11-12-13-14(15)16;1-2-3-4-5-6-7-8-9-10-11-12(13)14;1-2-3-4-5-6-7-8-9-10(11)12/h2-13H2,1H3,(H,15,16);2-11H2,1H3,(H,13,14);2-9H2,1H3,(H,11,12). The summed E-state index contributed by atoms with van der Waals surface area (Å²) in [5.41, 5.74) is 0. The molecular weight excluding hydrogens is 528 g/mol. The van der Waals surface area contributed by atoms with Crippen LogP contribution in [-0.2, 0) is 14.4 Å². The number of hydrogen-bond acceptors (Lipinski definition) is 3. The second kappa shape index (κ2) is 41.5. The molecule has 0 heterocycles. The zero-order chi connectivity index (χ0) is 31.9. The fourth-order valence-corrected chi connectivity index (χ4v) is 4.76. The molecule has 0 aromatic rings. The molecule has 6 heteroatoms. The summed E-state index contributed by atoms with van der Waals surface area (Å²) >= 11 is 0. The van der Waals surface area contributed by atoms with Crippen LogP contribution in [0.15, 0.2) is 0 Å². The highest BCUT2D eigenvalue weighted by Gasteiger charge is 1.98. The Labute approximate surface area is 260 Å². The van der Waals surface area contributed by atoms with Crippen molar-refractivity contribution in [1.29, 1.82) is 0 Å². The Bertz CT molecular complexity index is 549. The van der Waals surface area contributed by atoms with Crippen LogP contribution in [0.25, 0.3) is 0 Å². The first-order chi connectivity index (χ1) is 20.3. The maximum absolute atomic E-state index is 10.3. The van der Waals surface area contributed by atoms with Crippen molar-refractivity contribution >= 4 is 17.9 Å². The molecule has 0 fully saturated rings. The molecule has 0 rings (SSSR count). The third-order valence-electron chi connectivity index (χ3n) is 7.48. The summed E-state index contributed by atoms with van der Waals surface area (Å²) in [5.74, 6) is -1.98. The molecule has 0 amide bonds. The predicted molar refractivity (Wildman–Crippen MR) is 178 cm³/mol. The van der Waals surface area contributed by atoms with Crippen molar-refractivity contribution in [3.05, 3.63) is 0 Å². The minimum Gasteiger partial charge on any atom is -0.481 e. The first-order valence-electron chi connectivity index (χ1n) is 18.0. The van der Waals surface area contributed by atoms with Crippen LogP contribution in [0.3, 0.4) is 0 Å². The van der Waals surface area contributed by atoms with Gasteiger partial charge in [-0.05, 0) is 19.3 Å². The Hall–Kier alpha value is -1.59. The quantitative estimate of drug-likeness (QED) is 0.0707. The van der Waals surface area contributed by atoms with Crippen molar-refractivity contribution in [2.75, 3.05) is 0 Å². The molecule has 6 nitrogen and oxygen atoms in total. The molecule has 0 radical (unpaired) electrons. The van der Waals surface area contributed by atoms with Gasteiger partial charge in [-0.25, -0.2) is 0 Å². The van der Waals surface area contributed by atoms with Crippen molar-refractivity contribution < 1.29 is 29.7 Å². The second-order valence-electron chi connectivity index (χ2n) is 11.9. The number of unbranched alkanes of at least 4 members (excludes halogenated alkanes) is 24. The second-order valence-corrected chi connectivity index (χ2v) is 11.9. The van der Waals surface area contributed by atoms with Gasteiger partial charge in [-0.3, -0.25) is 14.4 Å². The van der Waals surface area contributed by atoms with E-state index < -0.39 is 17.9 Å². The smallest absolute Gasteiger partial charge is 0.303 e. The number of carboxylic acids is 3. The highest BCUT2D eigenvalue weighted by Crippen LogP contribution is 2.12. The average molecular weight is 601 g/mol. The Morgan fingerprint density at radius 2 is 0.429 bits per heavy atom. The molecule has 0 atom stereocenters. The third kappa shape index (κ3) is 54.5. The summed E-state index contributed by atoms with van der Waals surface area (Å²) in [5, 5.41) is 25.2. The van der Waals surface area contributed by atoms with E-state index in [4.69, 9.17) is 15.3 Å². The van der Waals surface area contributed by atoms with Crippen molar-refractivity contribution in [3.8, 4) is 0 Å². The van der Waals surface area contributed by atoms with Gasteiger partial charge in [0.25, 0.3) is 0 Å². The molecule has 0 saturated carbocycles. The van der Waals surface area contributed by atoms with Gasteiger partial charge >= 0.3 is 17.9 Å². The normalized spacial score (nSPS) is 10.4. The molecule has 0 spiro atoms. The predicted octanol–water partition coefficient (Wildman–Crippen LogP) is 12.0. The van der Waals surface area contributed by atoms with Gasteiger partial charge in [0.05, 0.1) is 0 Å². The zero-order valence-corrected chi connectivity index (χ0v) is 28.3. The summed E-state index contributed by atoms with van der Waals surface area (Å²) in [6.45, 7) is 6.67. The molecule has 0 aromatic carbocycles. The van der Waals surface area contributed by atoms with E-state index in [1.54, 1.807) is 0 Å². The SMILES string of the molecule is CCCCCCCCCC(=O)O.CCCCCCCCCCCC(=O)O.CCCCCCCCCCCCCC(=O)O. The van der Waals surface area contributed by atoms with Gasteiger partial charge in [0.2, 0.25) is 0 Å². The highest BCUT2D eigenvalue weighted by molar-refractivity contribution is 5.67. The van der Waals surface area contributed by atoms with Crippen LogP contribution >= 0.6 is 0 Å². The molecule has 0 aliphatic rings. The summed E-state index contributed by atoms with van der Waals surface area (Å²) in [6, 6.07) is 0. The van der Waals surface area contributed by atoms with Crippen LogP contribution in [0.2, 0.25) is 0 Å². The number of hydrogen-bond donors (Lipinski definition) is 3. The van der Waals surface area contributed by atoms with E-state index in [0.29, 0.717) is 19.3 Å². The minimum absolute atomic E-state index is 0.341. The molecule has 252 valence electrons. The van der Waals surface area contributed by atoms with E-state index in [2.05, 4.69) is 20.8 Å². The maximum atomic E-state index is 10.3. The maximum Gasteiger partial charge on any atom is 0.303 e. The van der Waals surface area contributed by atoms with Crippen LogP contribution in [0.1, 0.15) is 213 Å². The van der Waals surface area contributed by atoms with E-state index in [1.165, 1.54) is 135 Å². The van der Waals surface area contributed by atoms with E-state index in [0.717, 1.165) is 38.5 Å². The molecule has 0 aromatic heterocycles. The van der Waals surface area contributed by atoms with Crippen LogP contribution < -0.4 is 0 Å². The zero-order valence-electron chi connectivity index (χ0n) is 28.3. The lowest BCUT2D eigenvalue weighted by molar-refractivity contribution is -0.138. The summed E-state index contributed by atoms with van der Waals surface area (Å²) in [6.07, 6.45) is 34.5.